The molecule has 0 amide bonds. The van der Waals surface area contributed by atoms with Crippen LogP contribution in [-0.2, 0) is 5.60 Å². The fourth-order valence-electron chi connectivity index (χ4n) is 5.92. The summed E-state index contributed by atoms with van der Waals surface area (Å²) in [7, 11) is 8.10. The fourth-order valence-corrected chi connectivity index (χ4v) is 5.92. The Morgan fingerprint density at radius 3 is 1.73 bits per heavy atom. The molecule has 0 saturated carbocycles. The largest absolute Gasteiger partial charge is 1.00 e. The van der Waals surface area contributed by atoms with Crippen molar-refractivity contribution in [2.45, 2.75) is 49.8 Å². The van der Waals surface area contributed by atoms with Crippen LogP contribution in [0.4, 0.5) is 0 Å². The van der Waals surface area contributed by atoms with E-state index in [1.165, 1.54) is 12.8 Å². The molecule has 2 aromatic carbocycles. The van der Waals surface area contributed by atoms with Crippen molar-refractivity contribution in [3.05, 3.63) is 59.7 Å². The van der Waals surface area contributed by atoms with E-state index in [1.54, 1.807) is 14.2 Å². The minimum absolute atomic E-state index is 0. The normalized spacial score (nSPS) is 24.8. The second-order valence-electron chi connectivity index (χ2n) is 9.32. The van der Waals surface area contributed by atoms with Crippen molar-refractivity contribution in [2.24, 2.45) is 5.92 Å². The number of benzene rings is 2. The van der Waals surface area contributed by atoms with E-state index in [1.807, 2.05) is 48.5 Å². The second kappa shape index (κ2) is 8.89. The molecule has 2 aliphatic rings. The number of hydrogen-bond acceptors (Lipinski definition) is 3. The molecule has 164 valence electrons. The molecule has 30 heavy (non-hydrogen) atoms. The Labute approximate surface area is 191 Å². The molecule has 2 aromatic rings. The first-order chi connectivity index (χ1) is 13.9. The molecule has 0 spiro atoms. The third-order valence-electron chi connectivity index (χ3n) is 7.62. The molecule has 0 radical (unpaired) electrons. The van der Waals surface area contributed by atoms with Crippen molar-refractivity contribution in [3.63, 3.8) is 0 Å². The van der Waals surface area contributed by atoms with E-state index in [9.17, 15) is 5.11 Å². The van der Waals surface area contributed by atoms with Crippen LogP contribution in [0.1, 0.15) is 43.2 Å². The van der Waals surface area contributed by atoms with Crippen molar-refractivity contribution in [3.8, 4) is 11.5 Å². The first kappa shape index (κ1) is 23.1. The minimum atomic E-state index is -1.15. The van der Waals surface area contributed by atoms with E-state index >= 15 is 0 Å². The summed E-state index contributed by atoms with van der Waals surface area (Å²) in [6.45, 7) is 0. The van der Waals surface area contributed by atoms with Crippen LogP contribution in [-0.4, -0.2) is 50.0 Å². The molecular weight excluding hydrogens is 442 g/mol. The van der Waals surface area contributed by atoms with Crippen molar-refractivity contribution in [2.75, 3.05) is 28.3 Å². The summed E-state index contributed by atoms with van der Waals surface area (Å²) in [6.07, 6.45) is 5.61. The van der Waals surface area contributed by atoms with Crippen molar-refractivity contribution >= 4 is 0 Å². The minimum Gasteiger partial charge on any atom is -1.00 e. The van der Waals surface area contributed by atoms with Gasteiger partial charge in [-0.15, -0.1) is 0 Å². The number of aliphatic hydroxyl groups is 1. The maximum absolute atomic E-state index is 12.3. The number of quaternary nitrogens is 1. The summed E-state index contributed by atoms with van der Waals surface area (Å²) in [6, 6.07) is 17.1. The number of methoxy groups -OCH3 is 2. The highest BCUT2D eigenvalue weighted by Gasteiger charge is 2.51. The van der Waals surface area contributed by atoms with Gasteiger partial charge in [0, 0.05) is 36.8 Å². The smallest absolute Gasteiger partial charge is 0.125 e. The van der Waals surface area contributed by atoms with Gasteiger partial charge in [0.15, 0.2) is 0 Å². The lowest BCUT2D eigenvalue weighted by molar-refractivity contribution is -0.931. The molecule has 1 N–H and O–H groups in total. The van der Waals surface area contributed by atoms with Gasteiger partial charge in [0.25, 0.3) is 0 Å². The van der Waals surface area contributed by atoms with Gasteiger partial charge in [-0.3, -0.25) is 0 Å². The zero-order chi connectivity index (χ0) is 20.6. The highest BCUT2D eigenvalue weighted by Crippen LogP contribution is 2.49. The van der Waals surface area contributed by atoms with E-state index < -0.39 is 5.60 Å². The average Bonchev–Trinajstić information content (AvgIpc) is 2.89. The molecular formula is C25H34BrNO3. The molecule has 5 heteroatoms. The molecule has 2 atom stereocenters. The van der Waals surface area contributed by atoms with Gasteiger partial charge in [-0.05, 0) is 24.5 Å². The standard InChI is InChI=1S/C25H34NO3.BrH/c1-26(2)19-13-14-20(26)16-18(15-19)17-25(27,21-9-5-7-11-23(21)28-3)22-10-6-8-12-24(22)29-4;/h5-12,18-20,27H,13-17H2,1-4H3;1H/q+1;/p-1. The SMILES string of the molecule is COc1ccccc1C(O)(CC1CC2CCC(C1)[N+]2(C)C)c1ccccc1OC.[Br-]. The molecule has 0 aliphatic carbocycles. The predicted octanol–water partition coefficient (Wildman–Crippen LogP) is 1.35. The zero-order valence-corrected chi connectivity index (χ0v) is 20.1. The number of rotatable bonds is 6. The number of nitrogens with zero attached hydrogens (tertiary/aromatic N) is 1. The maximum atomic E-state index is 12.3. The van der Waals surface area contributed by atoms with Crippen LogP contribution in [0.3, 0.4) is 0 Å². The van der Waals surface area contributed by atoms with Gasteiger partial charge in [-0.1, -0.05) is 36.4 Å². The van der Waals surface area contributed by atoms with Crippen LogP contribution in [0.15, 0.2) is 48.5 Å². The third kappa shape index (κ3) is 3.88. The van der Waals surface area contributed by atoms with Crippen molar-refractivity contribution < 1.29 is 36.0 Å². The third-order valence-corrected chi connectivity index (χ3v) is 7.62. The number of piperidine rings is 1. The molecule has 2 saturated heterocycles. The Bertz CT molecular complexity index is 805. The summed E-state index contributed by atoms with van der Waals surface area (Å²) in [5, 5.41) is 12.3. The van der Waals surface area contributed by atoms with E-state index in [0.29, 0.717) is 24.4 Å². The van der Waals surface area contributed by atoms with Crippen LogP contribution in [0, 0.1) is 5.92 Å². The van der Waals surface area contributed by atoms with Gasteiger partial charge in [0.1, 0.15) is 17.1 Å². The monoisotopic (exact) mass is 475 g/mol. The lowest BCUT2D eigenvalue weighted by Gasteiger charge is -2.46. The number of ether oxygens (including phenoxy) is 2. The summed E-state index contributed by atoms with van der Waals surface area (Å²) in [5.41, 5.74) is 0.481. The molecule has 4 rings (SSSR count). The Kier molecular flexibility index (Phi) is 6.85. The number of halogens is 1. The van der Waals surface area contributed by atoms with E-state index in [4.69, 9.17) is 9.47 Å². The lowest BCUT2D eigenvalue weighted by atomic mass is 9.74. The van der Waals surface area contributed by atoms with Gasteiger partial charge >= 0.3 is 0 Å². The van der Waals surface area contributed by atoms with E-state index in [-0.39, 0.29) is 17.0 Å². The first-order valence-corrected chi connectivity index (χ1v) is 10.7. The van der Waals surface area contributed by atoms with E-state index in [2.05, 4.69) is 14.1 Å². The highest BCUT2D eigenvalue weighted by atomic mass is 79.9. The molecule has 2 fully saturated rings. The molecule has 2 aliphatic heterocycles. The van der Waals surface area contributed by atoms with Crippen LogP contribution < -0.4 is 26.5 Å². The van der Waals surface area contributed by atoms with Gasteiger partial charge in [0.2, 0.25) is 0 Å². The molecule has 2 bridgehead atoms. The van der Waals surface area contributed by atoms with Crippen LogP contribution in [0.5, 0.6) is 11.5 Å². The molecule has 4 nitrogen and oxygen atoms in total. The summed E-state index contributed by atoms with van der Waals surface area (Å²) in [5.74, 6) is 1.91. The first-order valence-electron chi connectivity index (χ1n) is 10.7. The van der Waals surface area contributed by atoms with Crippen LogP contribution in [0.25, 0.3) is 0 Å². The average molecular weight is 476 g/mol. The Morgan fingerprint density at radius 2 is 1.30 bits per heavy atom. The summed E-state index contributed by atoms with van der Waals surface area (Å²) in [4.78, 5) is 0. The molecule has 2 unspecified atom stereocenters. The maximum Gasteiger partial charge on any atom is 0.125 e. The van der Waals surface area contributed by atoms with Gasteiger partial charge in [-0.2, -0.15) is 0 Å². The highest BCUT2D eigenvalue weighted by molar-refractivity contribution is 5.49. The van der Waals surface area contributed by atoms with Crippen LogP contribution >= 0.6 is 0 Å². The fraction of sp³-hybridized carbons (Fsp3) is 0.520. The summed E-state index contributed by atoms with van der Waals surface area (Å²) < 4.78 is 12.5. The number of para-hydroxylation sites is 2. The Morgan fingerprint density at radius 1 is 0.867 bits per heavy atom. The number of fused-ring (bicyclic) bond motifs is 2. The van der Waals surface area contributed by atoms with Crippen molar-refractivity contribution in [1.82, 2.24) is 0 Å². The Balaban J connectivity index is 0.00000256. The number of hydrogen-bond donors (Lipinski definition) is 1. The van der Waals surface area contributed by atoms with Gasteiger partial charge in [-0.25, -0.2) is 0 Å². The zero-order valence-electron chi connectivity index (χ0n) is 18.5. The summed E-state index contributed by atoms with van der Waals surface area (Å²) >= 11 is 0. The van der Waals surface area contributed by atoms with Crippen LogP contribution in [0.2, 0.25) is 0 Å². The topological polar surface area (TPSA) is 38.7 Å². The Hall–Kier alpha value is -1.56. The second-order valence-corrected chi connectivity index (χ2v) is 9.32. The van der Waals surface area contributed by atoms with Gasteiger partial charge < -0.3 is 36.0 Å². The van der Waals surface area contributed by atoms with Gasteiger partial charge in [0.05, 0.1) is 40.4 Å². The van der Waals surface area contributed by atoms with E-state index in [0.717, 1.165) is 40.0 Å². The van der Waals surface area contributed by atoms with Crippen molar-refractivity contribution in [1.29, 1.82) is 0 Å². The molecule has 2 heterocycles. The predicted molar refractivity (Wildman–Crippen MR) is 115 cm³/mol. The molecule has 0 aromatic heterocycles. The quantitative estimate of drug-likeness (QED) is 0.640. The lowest BCUT2D eigenvalue weighted by Crippen LogP contribution is -3.00.